The zero-order valence-corrected chi connectivity index (χ0v) is 13.3. The summed E-state index contributed by atoms with van der Waals surface area (Å²) in [6.45, 7) is 6.12. The van der Waals surface area contributed by atoms with Crippen molar-refractivity contribution in [3.63, 3.8) is 0 Å². The van der Waals surface area contributed by atoms with E-state index in [-0.39, 0.29) is 17.7 Å². The molecule has 1 saturated carbocycles. The number of piperidine rings is 1. The Kier molecular flexibility index (Phi) is 4.37. The van der Waals surface area contributed by atoms with Gasteiger partial charge in [0.15, 0.2) is 0 Å². The molecule has 1 heterocycles. The predicted octanol–water partition coefficient (Wildman–Crippen LogP) is 2.33. The lowest BCUT2D eigenvalue weighted by Gasteiger charge is -2.70. The van der Waals surface area contributed by atoms with Gasteiger partial charge in [-0.1, -0.05) is 36.9 Å². The van der Waals surface area contributed by atoms with Gasteiger partial charge in [-0.3, -0.25) is 4.90 Å². The number of hydrogen-bond donors (Lipinski definition) is 1. The van der Waals surface area contributed by atoms with Crippen molar-refractivity contribution >= 4 is 0 Å². The maximum Gasteiger partial charge on any atom is 0.146 e. The van der Waals surface area contributed by atoms with E-state index in [1.54, 1.807) is 7.11 Å². The number of fused-ring (bicyclic) bond motifs is 2. The molecule has 1 aromatic carbocycles. The van der Waals surface area contributed by atoms with Gasteiger partial charge in [-0.25, -0.2) is 0 Å². The van der Waals surface area contributed by atoms with Gasteiger partial charge in [-0.05, 0) is 30.4 Å². The van der Waals surface area contributed by atoms with Gasteiger partial charge in [0.25, 0.3) is 0 Å². The monoisotopic (exact) mass is 303 g/mol. The third kappa shape index (κ3) is 2.22. The summed E-state index contributed by atoms with van der Waals surface area (Å²) in [5.41, 5.74) is 1.95. The SMILES string of the molecule is C=C1C2(CO)CCCC1(COCOC)N2Cc1ccccc1. The fourth-order valence-electron chi connectivity index (χ4n) is 4.22. The second-order valence-corrected chi connectivity index (χ2v) is 6.38. The van der Waals surface area contributed by atoms with E-state index in [1.165, 1.54) is 5.56 Å². The third-order valence-corrected chi connectivity index (χ3v) is 5.32. The molecular weight excluding hydrogens is 278 g/mol. The highest BCUT2D eigenvalue weighted by Crippen LogP contribution is 2.58. The van der Waals surface area contributed by atoms with Crippen molar-refractivity contribution in [3.8, 4) is 0 Å². The second-order valence-electron chi connectivity index (χ2n) is 6.38. The highest BCUT2D eigenvalue weighted by Gasteiger charge is 2.66. The first-order chi connectivity index (χ1) is 10.7. The fourth-order valence-corrected chi connectivity index (χ4v) is 4.22. The lowest BCUT2D eigenvalue weighted by atomic mass is 9.56. The third-order valence-electron chi connectivity index (χ3n) is 5.32. The quantitative estimate of drug-likeness (QED) is 0.477. The molecule has 0 amide bonds. The van der Waals surface area contributed by atoms with Crippen molar-refractivity contribution < 1.29 is 14.6 Å². The van der Waals surface area contributed by atoms with Crippen LogP contribution in [0.5, 0.6) is 0 Å². The molecule has 120 valence electrons. The van der Waals surface area contributed by atoms with Gasteiger partial charge in [-0.2, -0.15) is 0 Å². The molecule has 1 aliphatic heterocycles. The van der Waals surface area contributed by atoms with Gasteiger partial charge in [0.1, 0.15) is 6.79 Å². The number of rotatable bonds is 7. The molecule has 0 radical (unpaired) electrons. The van der Waals surface area contributed by atoms with Crippen LogP contribution in [0.3, 0.4) is 0 Å². The normalized spacial score (nSPS) is 31.1. The van der Waals surface area contributed by atoms with Crippen LogP contribution in [0.2, 0.25) is 0 Å². The molecule has 1 aliphatic carbocycles. The molecule has 2 atom stereocenters. The molecule has 4 nitrogen and oxygen atoms in total. The summed E-state index contributed by atoms with van der Waals surface area (Å²) in [6, 6.07) is 10.4. The van der Waals surface area contributed by atoms with Gasteiger partial charge in [-0.15, -0.1) is 0 Å². The molecule has 0 spiro atoms. The molecule has 2 fully saturated rings. The maximum absolute atomic E-state index is 10.0. The summed E-state index contributed by atoms with van der Waals surface area (Å²) in [5.74, 6) is 0. The summed E-state index contributed by atoms with van der Waals surface area (Å²) in [7, 11) is 1.63. The molecule has 3 rings (SSSR count). The molecule has 2 unspecified atom stereocenters. The Balaban J connectivity index is 1.84. The molecular formula is C18H25NO3. The predicted molar refractivity (Wildman–Crippen MR) is 85.4 cm³/mol. The zero-order valence-electron chi connectivity index (χ0n) is 13.3. The lowest BCUT2D eigenvalue weighted by Crippen LogP contribution is -2.80. The van der Waals surface area contributed by atoms with E-state index in [0.29, 0.717) is 13.4 Å². The minimum atomic E-state index is -0.273. The highest BCUT2D eigenvalue weighted by molar-refractivity contribution is 5.44. The van der Waals surface area contributed by atoms with Crippen molar-refractivity contribution in [2.24, 2.45) is 0 Å². The molecule has 1 aromatic rings. The van der Waals surface area contributed by atoms with E-state index in [0.717, 1.165) is 31.4 Å². The largest absolute Gasteiger partial charge is 0.394 e. The van der Waals surface area contributed by atoms with Crippen LogP contribution in [0.4, 0.5) is 0 Å². The molecule has 0 aromatic heterocycles. The minimum Gasteiger partial charge on any atom is -0.394 e. The maximum atomic E-state index is 10.0. The van der Waals surface area contributed by atoms with Crippen LogP contribution in [-0.2, 0) is 16.0 Å². The Morgan fingerprint density at radius 1 is 1.23 bits per heavy atom. The van der Waals surface area contributed by atoms with E-state index < -0.39 is 0 Å². The molecule has 2 aliphatic rings. The first-order valence-corrected chi connectivity index (χ1v) is 7.89. The van der Waals surface area contributed by atoms with Gasteiger partial charge in [0, 0.05) is 13.7 Å². The molecule has 4 heteroatoms. The number of aliphatic hydroxyl groups excluding tert-OH is 1. The molecule has 2 bridgehead atoms. The Labute approximate surface area is 132 Å². The van der Waals surface area contributed by atoms with E-state index in [9.17, 15) is 5.11 Å². The van der Waals surface area contributed by atoms with E-state index in [2.05, 4.69) is 35.7 Å². The molecule has 1 saturated heterocycles. The average molecular weight is 303 g/mol. The van der Waals surface area contributed by atoms with Crippen molar-refractivity contribution in [1.82, 2.24) is 4.90 Å². The van der Waals surface area contributed by atoms with E-state index in [4.69, 9.17) is 9.47 Å². The van der Waals surface area contributed by atoms with Crippen molar-refractivity contribution in [1.29, 1.82) is 0 Å². The Morgan fingerprint density at radius 3 is 2.64 bits per heavy atom. The van der Waals surface area contributed by atoms with Crippen LogP contribution >= 0.6 is 0 Å². The average Bonchev–Trinajstić information content (AvgIpc) is 2.57. The van der Waals surface area contributed by atoms with Crippen LogP contribution in [0.25, 0.3) is 0 Å². The fraction of sp³-hybridized carbons (Fsp3) is 0.556. The van der Waals surface area contributed by atoms with Crippen LogP contribution in [-0.4, -0.2) is 48.2 Å². The van der Waals surface area contributed by atoms with Gasteiger partial charge in [0.05, 0.1) is 24.3 Å². The number of hydrogen-bond acceptors (Lipinski definition) is 4. The zero-order chi connectivity index (χ0) is 15.6. The van der Waals surface area contributed by atoms with E-state index >= 15 is 0 Å². The van der Waals surface area contributed by atoms with Crippen LogP contribution in [0.15, 0.2) is 42.5 Å². The summed E-state index contributed by atoms with van der Waals surface area (Å²) < 4.78 is 10.7. The first kappa shape index (κ1) is 15.7. The number of benzene rings is 1. The highest BCUT2D eigenvalue weighted by atomic mass is 16.7. The lowest BCUT2D eigenvalue weighted by molar-refractivity contribution is -0.179. The molecule has 1 N–H and O–H groups in total. The molecule has 22 heavy (non-hydrogen) atoms. The Bertz CT molecular complexity index is 532. The number of ether oxygens (including phenoxy) is 2. The summed E-state index contributed by atoms with van der Waals surface area (Å²) in [5, 5.41) is 10.0. The summed E-state index contributed by atoms with van der Waals surface area (Å²) in [6.07, 6.45) is 3.10. The summed E-state index contributed by atoms with van der Waals surface area (Å²) >= 11 is 0. The van der Waals surface area contributed by atoms with Gasteiger partial charge < -0.3 is 14.6 Å². The Morgan fingerprint density at radius 2 is 1.95 bits per heavy atom. The smallest absolute Gasteiger partial charge is 0.146 e. The van der Waals surface area contributed by atoms with Crippen molar-refractivity contribution in [2.45, 2.75) is 36.9 Å². The van der Waals surface area contributed by atoms with Crippen LogP contribution in [0, 0.1) is 0 Å². The van der Waals surface area contributed by atoms with Crippen molar-refractivity contribution in [2.75, 3.05) is 27.1 Å². The van der Waals surface area contributed by atoms with E-state index in [1.807, 2.05) is 6.07 Å². The number of nitrogens with zero attached hydrogens (tertiary/aromatic N) is 1. The second kappa shape index (κ2) is 6.13. The minimum absolute atomic E-state index is 0.130. The topological polar surface area (TPSA) is 41.9 Å². The number of methoxy groups -OCH3 is 1. The summed E-state index contributed by atoms with van der Waals surface area (Å²) in [4.78, 5) is 2.40. The van der Waals surface area contributed by atoms with Crippen LogP contribution in [0.1, 0.15) is 24.8 Å². The van der Waals surface area contributed by atoms with Crippen molar-refractivity contribution in [3.05, 3.63) is 48.0 Å². The first-order valence-electron chi connectivity index (χ1n) is 7.89. The standard InChI is InChI=1S/C18H25NO3/c1-15-17(12-20)9-6-10-18(15,13-22-14-21-2)19(17)11-16-7-4-3-5-8-16/h3-5,7-8,20H,1,6,9-14H2,2H3. The van der Waals surface area contributed by atoms with Crippen LogP contribution < -0.4 is 0 Å². The van der Waals surface area contributed by atoms with Gasteiger partial charge >= 0.3 is 0 Å². The number of likely N-dealkylation sites (tertiary alicyclic amines) is 1. The van der Waals surface area contributed by atoms with Gasteiger partial charge in [0.2, 0.25) is 0 Å². The Hall–Kier alpha value is -1.20. The number of aliphatic hydroxyl groups is 1.